The van der Waals surface area contributed by atoms with E-state index in [1.54, 1.807) is 12.1 Å². The standard InChI is InChI=1S/C10H8N2O4S2/c1-5(10(13)14)18-7-3-2-6-8(11-4-17-6)9(7)12(15)16/h2-5H,1H3,(H,13,14). The van der Waals surface area contributed by atoms with Gasteiger partial charge in [0.15, 0.2) is 5.52 Å². The first-order valence-electron chi connectivity index (χ1n) is 4.90. The van der Waals surface area contributed by atoms with Crippen LogP contribution in [0.5, 0.6) is 0 Å². The van der Waals surface area contributed by atoms with E-state index in [9.17, 15) is 14.9 Å². The van der Waals surface area contributed by atoms with Gasteiger partial charge in [-0.05, 0) is 19.1 Å². The average molecular weight is 284 g/mol. The first kappa shape index (κ1) is 12.8. The van der Waals surface area contributed by atoms with E-state index in [1.165, 1.54) is 23.8 Å². The van der Waals surface area contributed by atoms with E-state index in [4.69, 9.17) is 5.11 Å². The molecule has 2 aromatic rings. The molecule has 18 heavy (non-hydrogen) atoms. The minimum Gasteiger partial charge on any atom is -0.480 e. The molecular formula is C10H8N2O4S2. The molecule has 6 nitrogen and oxygen atoms in total. The number of hydrogen-bond acceptors (Lipinski definition) is 6. The van der Waals surface area contributed by atoms with Gasteiger partial charge in [-0.25, -0.2) is 4.98 Å². The van der Waals surface area contributed by atoms with Crippen LogP contribution in [-0.4, -0.2) is 26.2 Å². The van der Waals surface area contributed by atoms with Crippen LogP contribution in [0.2, 0.25) is 0 Å². The predicted molar refractivity (Wildman–Crippen MR) is 69.2 cm³/mol. The van der Waals surface area contributed by atoms with Crippen molar-refractivity contribution in [2.45, 2.75) is 17.1 Å². The van der Waals surface area contributed by atoms with Crippen molar-refractivity contribution < 1.29 is 14.8 Å². The Morgan fingerprint density at radius 3 is 2.94 bits per heavy atom. The highest BCUT2D eigenvalue weighted by molar-refractivity contribution is 8.00. The van der Waals surface area contributed by atoms with Gasteiger partial charge in [-0.3, -0.25) is 14.9 Å². The molecule has 2 rings (SSSR count). The van der Waals surface area contributed by atoms with Gasteiger partial charge in [0.25, 0.3) is 0 Å². The number of hydrogen-bond donors (Lipinski definition) is 1. The topological polar surface area (TPSA) is 93.3 Å². The molecule has 0 aliphatic rings. The number of nitro benzene ring substituents is 1. The van der Waals surface area contributed by atoms with Gasteiger partial charge in [0.2, 0.25) is 0 Å². The third-order valence-corrected chi connectivity index (χ3v) is 4.21. The van der Waals surface area contributed by atoms with Crippen molar-refractivity contribution >= 4 is 45.0 Å². The SMILES string of the molecule is CC(Sc1ccc2scnc2c1[N+](=O)[O-])C(=O)O. The molecule has 0 spiro atoms. The second-order valence-electron chi connectivity index (χ2n) is 3.47. The number of aromatic nitrogens is 1. The van der Waals surface area contributed by atoms with Crippen LogP contribution in [0.15, 0.2) is 22.5 Å². The molecule has 0 aliphatic carbocycles. The van der Waals surface area contributed by atoms with Crippen molar-refractivity contribution in [3.8, 4) is 0 Å². The zero-order valence-electron chi connectivity index (χ0n) is 9.19. The smallest absolute Gasteiger partial charge is 0.316 e. The summed E-state index contributed by atoms with van der Waals surface area (Å²) in [5, 5.41) is 19.2. The summed E-state index contributed by atoms with van der Waals surface area (Å²) in [6, 6.07) is 3.29. The van der Waals surface area contributed by atoms with Crippen LogP contribution < -0.4 is 0 Å². The molecule has 0 fully saturated rings. The summed E-state index contributed by atoms with van der Waals surface area (Å²) < 4.78 is 0.717. The second kappa shape index (κ2) is 4.91. The highest BCUT2D eigenvalue weighted by Crippen LogP contribution is 2.38. The van der Waals surface area contributed by atoms with Crippen molar-refractivity contribution in [1.82, 2.24) is 4.98 Å². The molecule has 0 bridgehead atoms. The number of carbonyl (C=O) groups is 1. The molecule has 8 heteroatoms. The summed E-state index contributed by atoms with van der Waals surface area (Å²) in [6.07, 6.45) is 0. The monoisotopic (exact) mass is 284 g/mol. The van der Waals surface area contributed by atoms with Gasteiger partial charge < -0.3 is 5.11 Å². The molecule has 1 unspecified atom stereocenters. The van der Waals surface area contributed by atoms with E-state index in [0.717, 1.165) is 11.8 Å². The van der Waals surface area contributed by atoms with Crippen LogP contribution in [0, 0.1) is 10.1 Å². The van der Waals surface area contributed by atoms with Crippen molar-refractivity contribution in [3.05, 3.63) is 27.8 Å². The molecule has 94 valence electrons. The Morgan fingerprint density at radius 2 is 2.33 bits per heavy atom. The lowest BCUT2D eigenvalue weighted by Crippen LogP contribution is -2.11. The van der Waals surface area contributed by atoms with E-state index in [-0.39, 0.29) is 5.69 Å². The van der Waals surface area contributed by atoms with Crippen LogP contribution in [0.4, 0.5) is 5.69 Å². The number of nitrogens with zero attached hydrogens (tertiary/aromatic N) is 2. The molecule has 1 atom stereocenters. The fourth-order valence-electron chi connectivity index (χ4n) is 1.41. The van der Waals surface area contributed by atoms with Crippen molar-refractivity contribution in [1.29, 1.82) is 0 Å². The summed E-state index contributed by atoms with van der Waals surface area (Å²) in [4.78, 5) is 25.7. The summed E-state index contributed by atoms with van der Waals surface area (Å²) in [6.45, 7) is 1.49. The number of carboxylic acids is 1. The number of benzene rings is 1. The highest BCUT2D eigenvalue weighted by atomic mass is 32.2. The maximum Gasteiger partial charge on any atom is 0.316 e. The molecule has 0 aliphatic heterocycles. The van der Waals surface area contributed by atoms with Gasteiger partial charge in [-0.15, -0.1) is 23.1 Å². The van der Waals surface area contributed by atoms with E-state index < -0.39 is 16.1 Å². The first-order chi connectivity index (χ1) is 8.50. The Labute approximate surface area is 110 Å². The molecule has 1 aromatic carbocycles. The first-order valence-corrected chi connectivity index (χ1v) is 6.66. The van der Waals surface area contributed by atoms with E-state index in [1.807, 2.05) is 0 Å². The highest BCUT2D eigenvalue weighted by Gasteiger charge is 2.24. The van der Waals surface area contributed by atoms with E-state index in [2.05, 4.69) is 4.98 Å². The summed E-state index contributed by atoms with van der Waals surface area (Å²) in [5.74, 6) is -1.01. The minimum atomic E-state index is -1.01. The zero-order chi connectivity index (χ0) is 13.3. The molecular weight excluding hydrogens is 276 g/mol. The van der Waals surface area contributed by atoms with Crippen LogP contribution in [0.25, 0.3) is 10.2 Å². The second-order valence-corrected chi connectivity index (χ2v) is 5.74. The van der Waals surface area contributed by atoms with E-state index in [0.29, 0.717) is 15.1 Å². The van der Waals surface area contributed by atoms with Crippen molar-refractivity contribution in [2.75, 3.05) is 0 Å². The van der Waals surface area contributed by atoms with E-state index >= 15 is 0 Å². The van der Waals surface area contributed by atoms with Gasteiger partial charge >= 0.3 is 11.7 Å². The third kappa shape index (κ3) is 2.29. The fraction of sp³-hybridized carbons (Fsp3) is 0.200. The zero-order valence-corrected chi connectivity index (χ0v) is 10.8. The fourth-order valence-corrected chi connectivity index (χ4v) is 3.00. The molecule has 1 N–H and O–H groups in total. The average Bonchev–Trinajstić information content (AvgIpc) is 2.75. The number of fused-ring (bicyclic) bond motifs is 1. The van der Waals surface area contributed by atoms with Gasteiger partial charge in [0.1, 0.15) is 5.25 Å². The molecule has 1 heterocycles. The number of thioether (sulfide) groups is 1. The number of rotatable bonds is 4. The number of aliphatic carboxylic acids is 1. The van der Waals surface area contributed by atoms with Crippen LogP contribution in [0.3, 0.4) is 0 Å². The minimum absolute atomic E-state index is 0.119. The van der Waals surface area contributed by atoms with Crippen molar-refractivity contribution in [2.24, 2.45) is 0 Å². The Hall–Kier alpha value is -1.67. The molecule has 0 saturated carbocycles. The van der Waals surface area contributed by atoms with Gasteiger partial charge in [0, 0.05) is 0 Å². The molecule has 0 radical (unpaired) electrons. The number of carboxylic acid groups (broad SMARTS) is 1. The Kier molecular flexibility index (Phi) is 3.48. The maximum absolute atomic E-state index is 11.1. The lowest BCUT2D eigenvalue weighted by Gasteiger charge is -2.06. The van der Waals surface area contributed by atoms with Gasteiger partial charge in [-0.2, -0.15) is 0 Å². The number of nitro groups is 1. The number of thiazole rings is 1. The molecule has 1 aromatic heterocycles. The maximum atomic E-state index is 11.1. The predicted octanol–water partition coefficient (Wildman–Crippen LogP) is 2.77. The van der Waals surface area contributed by atoms with Crippen LogP contribution in [0.1, 0.15) is 6.92 Å². The van der Waals surface area contributed by atoms with Gasteiger partial charge in [0.05, 0.1) is 20.0 Å². The normalized spacial score (nSPS) is 12.5. The van der Waals surface area contributed by atoms with Gasteiger partial charge in [-0.1, -0.05) is 0 Å². The Bertz CT molecular complexity index is 625. The van der Waals surface area contributed by atoms with Crippen LogP contribution in [-0.2, 0) is 4.79 Å². The third-order valence-electron chi connectivity index (χ3n) is 2.27. The lowest BCUT2D eigenvalue weighted by molar-refractivity contribution is -0.386. The largest absolute Gasteiger partial charge is 0.480 e. The quantitative estimate of drug-likeness (QED) is 0.527. The molecule has 0 saturated heterocycles. The lowest BCUT2D eigenvalue weighted by atomic mass is 10.3. The van der Waals surface area contributed by atoms with Crippen LogP contribution >= 0.6 is 23.1 Å². The summed E-state index contributed by atoms with van der Waals surface area (Å²) >= 11 is 2.26. The molecule has 0 amide bonds. The summed E-state index contributed by atoms with van der Waals surface area (Å²) in [7, 11) is 0. The van der Waals surface area contributed by atoms with Crippen molar-refractivity contribution in [3.63, 3.8) is 0 Å². The Balaban J connectivity index is 2.52. The Morgan fingerprint density at radius 1 is 1.61 bits per heavy atom. The summed E-state index contributed by atoms with van der Waals surface area (Å²) in [5.41, 5.74) is 1.73.